The number of benzene rings is 1. The minimum Gasteiger partial charge on any atom is -0.465 e. The number of hydrazone groups is 1. The fourth-order valence-electron chi connectivity index (χ4n) is 1.43. The Morgan fingerprint density at radius 3 is 2.45 bits per heavy atom. The highest BCUT2D eigenvalue weighted by molar-refractivity contribution is 6.45. The maximum Gasteiger partial charge on any atom is 0.340 e. The Morgan fingerprint density at radius 2 is 1.95 bits per heavy atom. The van der Waals surface area contributed by atoms with E-state index in [4.69, 9.17) is 16.4 Å². The molecule has 0 amide bonds. The molecule has 0 bridgehead atoms. The summed E-state index contributed by atoms with van der Waals surface area (Å²) in [5.74, 6) is -1.83. The Morgan fingerprint density at radius 1 is 1.32 bits per heavy atom. The highest BCUT2D eigenvalue weighted by Gasteiger charge is 2.15. The first-order valence-corrected chi connectivity index (χ1v) is 5.83. The number of nitriles is 1. The van der Waals surface area contributed by atoms with Crippen molar-refractivity contribution >= 4 is 29.2 Å². The third kappa shape index (κ3) is 3.80. The Labute approximate surface area is 125 Å². The molecule has 0 aliphatic rings. The van der Waals surface area contributed by atoms with Gasteiger partial charge < -0.3 is 15.2 Å². The zero-order valence-electron chi connectivity index (χ0n) is 11.8. The number of esters is 2. The average Bonchev–Trinajstić information content (AvgIpc) is 2.53. The minimum absolute atomic E-state index is 0.0831. The first kappa shape index (κ1) is 16.6. The van der Waals surface area contributed by atoms with Crippen LogP contribution in [-0.2, 0) is 9.47 Å². The van der Waals surface area contributed by atoms with Gasteiger partial charge >= 0.3 is 11.9 Å². The van der Waals surface area contributed by atoms with E-state index < -0.39 is 17.8 Å². The summed E-state index contributed by atoms with van der Waals surface area (Å²) in [5.41, 5.74) is 7.54. The van der Waals surface area contributed by atoms with Crippen LogP contribution in [0.15, 0.2) is 23.3 Å². The van der Waals surface area contributed by atoms with E-state index in [2.05, 4.69) is 20.0 Å². The van der Waals surface area contributed by atoms with Gasteiger partial charge in [0.1, 0.15) is 6.07 Å². The summed E-state index contributed by atoms with van der Waals surface area (Å²) >= 11 is 0. The largest absolute Gasteiger partial charge is 0.465 e. The molecule has 4 N–H and O–H groups in total. The van der Waals surface area contributed by atoms with Crippen molar-refractivity contribution in [2.75, 3.05) is 19.6 Å². The average molecular weight is 303 g/mol. The number of rotatable bonds is 5. The van der Waals surface area contributed by atoms with Crippen molar-refractivity contribution in [1.29, 1.82) is 10.7 Å². The maximum absolute atomic E-state index is 11.7. The van der Waals surface area contributed by atoms with Crippen molar-refractivity contribution in [2.24, 2.45) is 10.8 Å². The van der Waals surface area contributed by atoms with Gasteiger partial charge in [-0.2, -0.15) is 10.4 Å². The number of methoxy groups -OCH3 is 2. The van der Waals surface area contributed by atoms with E-state index in [1.807, 2.05) is 0 Å². The summed E-state index contributed by atoms with van der Waals surface area (Å²) in [4.78, 5) is 23.2. The second-order valence-electron chi connectivity index (χ2n) is 3.84. The van der Waals surface area contributed by atoms with Crippen LogP contribution in [0.3, 0.4) is 0 Å². The van der Waals surface area contributed by atoms with Crippen LogP contribution >= 0.6 is 0 Å². The number of hydrogen-bond donors (Lipinski definition) is 3. The van der Waals surface area contributed by atoms with Crippen molar-refractivity contribution in [3.8, 4) is 6.07 Å². The second kappa shape index (κ2) is 7.39. The third-order valence-electron chi connectivity index (χ3n) is 2.50. The second-order valence-corrected chi connectivity index (χ2v) is 3.84. The number of anilines is 1. The van der Waals surface area contributed by atoms with Gasteiger partial charge in [0.2, 0.25) is 5.71 Å². The van der Waals surface area contributed by atoms with Crippen LogP contribution in [-0.4, -0.2) is 37.7 Å². The summed E-state index contributed by atoms with van der Waals surface area (Å²) in [6.07, 6.45) is 0. The van der Waals surface area contributed by atoms with Gasteiger partial charge in [0.25, 0.3) is 0 Å². The highest BCUT2D eigenvalue weighted by Crippen LogP contribution is 2.19. The lowest BCUT2D eigenvalue weighted by molar-refractivity contribution is 0.0587. The Hall–Kier alpha value is -3.41. The van der Waals surface area contributed by atoms with Crippen LogP contribution in [0.2, 0.25) is 0 Å². The molecule has 1 rings (SSSR count). The highest BCUT2D eigenvalue weighted by atomic mass is 16.5. The predicted molar refractivity (Wildman–Crippen MR) is 77.7 cm³/mol. The van der Waals surface area contributed by atoms with Gasteiger partial charge in [-0.1, -0.05) is 0 Å². The van der Waals surface area contributed by atoms with E-state index in [1.54, 1.807) is 6.07 Å². The van der Waals surface area contributed by atoms with Crippen LogP contribution in [0, 0.1) is 16.7 Å². The Balaban J connectivity index is 3.28. The molecule has 0 aliphatic carbocycles. The lowest BCUT2D eigenvalue weighted by Gasteiger charge is -2.09. The number of carbonyl (C=O) groups excluding carboxylic acids is 2. The maximum atomic E-state index is 11.7. The molecule has 0 fully saturated rings. The quantitative estimate of drug-likeness (QED) is 0.310. The molecule has 9 heteroatoms. The minimum atomic E-state index is -0.671. The molecular formula is C13H13N5O4. The summed E-state index contributed by atoms with van der Waals surface area (Å²) in [6, 6.07) is 5.64. The van der Waals surface area contributed by atoms with Crippen LogP contribution < -0.4 is 11.2 Å². The SMILES string of the molecule is COC(=O)c1ccc(C(=O)OC)c(N/N=C(\C#N)C(=N)N)c1. The monoisotopic (exact) mass is 303 g/mol. The number of nitrogens with two attached hydrogens (primary N) is 1. The lowest BCUT2D eigenvalue weighted by atomic mass is 10.1. The molecule has 1 aromatic carbocycles. The first-order valence-electron chi connectivity index (χ1n) is 5.83. The zero-order valence-corrected chi connectivity index (χ0v) is 11.8. The van der Waals surface area contributed by atoms with Crippen LogP contribution in [0.25, 0.3) is 0 Å². The third-order valence-corrected chi connectivity index (χ3v) is 2.50. The van der Waals surface area contributed by atoms with Crippen molar-refractivity contribution in [2.45, 2.75) is 0 Å². The molecule has 0 aromatic heterocycles. The van der Waals surface area contributed by atoms with E-state index in [1.165, 1.54) is 32.4 Å². The Bertz CT molecular complexity index is 690. The van der Waals surface area contributed by atoms with Crippen molar-refractivity contribution in [3.63, 3.8) is 0 Å². The van der Waals surface area contributed by atoms with Gasteiger partial charge in [-0.25, -0.2) is 9.59 Å². The van der Waals surface area contributed by atoms with Crippen molar-refractivity contribution < 1.29 is 19.1 Å². The van der Waals surface area contributed by atoms with E-state index >= 15 is 0 Å². The first-order chi connectivity index (χ1) is 10.4. The van der Waals surface area contributed by atoms with Gasteiger partial charge in [-0.3, -0.25) is 10.8 Å². The molecule has 1 aromatic rings. The van der Waals surface area contributed by atoms with E-state index in [9.17, 15) is 9.59 Å². The molecule has 0 radical (unpaired) electrons. The molecule has 22 heavy (non-hydrogen) atoms. The number of carbonyl (C=O) groups is 2. The Kier molecular flexibility index (Phi) is 5.59. The molecule has 0 unspecified atom stereocenters. The molecule has 114 valence electrons. The van der Waals surface area contributed by atoms with Gasteiger partial charge in [0.05, 0.1) is 31.0 Å². The number of hydrogen-bond acceptors (Lipinski definition) is 8. The summed E-state index contributed by atoms with van der Waals surface area (Å²) in [7, 11) is 2.41. The van der Waals surface area contributed by atoms with Gasteiger partial charge in [-0.15, -0.1) is 0 Å². The molecule has 0 heterocycles. The predicted octanol–water partition coefficient (Wildman–Crippen LogP) is 0.487. The molecule has 9 nitrogen and oxygen atoms in total. The molecular weight excluding hydrogens is 290 g/mol. The van der Waals surface area contributed by atoms with E-state index in [0.717, 1.165) is 0 Å². The van der Waals surface area contributed by atoms with E-state index in [-0.39, 0.29) is 22.5 Å². The normalized spacial score (nSPS) is 10.3. The van der Waals surface area contributed by atoms with Crippen LogP contribution in [0.4, 0.5) is 5.69 Å². The topological polar surface area (TPSA) is 151 Å². The van der Waals surface area contributed by atoms with Crippen LogP contribution in [0.5, 0.6) is 0 Å². The molecule has 0 atom stereocenters. The van der Waals surface area contributed by atoms with E-state index in [0.29, 0.717) is 0 Å². The molecule has 0 aliphatic heterocycles. The number of amidine groups is 1. The summed E-state index contributed by atoms with van der Waals surface area (Å²) < 4.78 is 9.19. The van der Waals surface area contributed by atoms with Crippen LogP contribution in [0.1, 0.15) is 20.7 Å². The fraction of sp³-hybridized carbons (Fsp3) is 0.154. The molecule has 0 saturated heterocycles. The zero-order chi connectivity index (χ0) is 16.7. The van der Waals surface area contributed by atoms with Crippen molar-refractivity contribution in [3.05, 3.63) is 29.3 Å². The van der Waals surface area contributed by atoms with Gasteiger partial charge in [0, 0.05) is 0 Å². The summed E-state index contributed by atoms with van der Waals surface area (Å²) in [6.45, 7) is 0. The fourth-order valence-corrected chi connectivity index (χ4v) is 1.43. The number of ether oxygens (including phenoxy) is 2. The smallest absolute Gasteiger partial charge is 0.340 e. The van der Waals surface area contributed by atoms with Gasteiger partial charge in [-0.05, 0) is 18.2 Å². The number of nitrogens with zero attached hydrogens (tertiary/aromatic N) is 2. The summed E-state index contributed by atoms with van der Waals surface area (Å²) in [5, 5.41) is 19.5. The van der Waals surface area contributed by atoms with Gasteiger partial charge in [0.15, 0.2) is 5.84 Å². The van der Waals surface area contributed by atoms with Crippen molar-refractivity contribution in [1.82, 2.24) is 0 Å². The molecule has 0 spiro atoms. The molecule has 0 saturated carbocycles. The lowest BCUT2D eigenvalue weighted by Crippen LogP contribution is -2.22. The number of nitrogens with one attached hydrogen (secondary N) is 2. The standard InChI is InChI=1S/C13H13N5O4/c1-21-12(19)7-3-4-8(13(20)22-2)9(5-7)17-18-10(6-14)11(15)16/h3-5,17H,1-2H3,(H3,15,16)/b18-10+.